The Balaban J connectivity index is 1.56. The summed E-state index contributed by atoms with van der Waals surface area (Å²) in [6.07, 6.45) is 2.39. The van der Waals surface area contributed by atoms with Gasteiger partial charge in [-0.3, -0.25) is 4.79 Å². The zero-order chi connectivity index (χ0) is 17.8. The van der Waals surface area contributed by atoms with Crippen LogP contribution in [0.1, 0.15) is 21.9 Å². The largest absolute Gasteiger partial charge is 0.459 e. The molecule has 1 amide bonds. The molecule has 0 spiro atoms. The number of aryl methyl sites for hydroxylation is 2. The van der Waals surface area contributed by atoms with Crippen LogP contribution in [-0.2, 0) is 19.5 Å². The predicted molar refractivity (Wildman–Crippen MR) is 99.8 cm³/mol. The molecule has 2 aromatic heterocycles. The second kappa shape index (κ2) is 7.27. The second-order valence-corrected chi connectivity index (χ2v) is 6.06. The Morgan fingerprint density at radius 1 is 1.00 bits per heavy atom. The number of carbonyl (C=O) groups excluding carboxylic acids is 1. The van der Waals surface area contributed by atoms with E-state index in [1.54, 1.807) is 12.1 Å². The number of nitrogens with zero attached hydrogens (tertiary/aromatic N) is 2. The van der Waals surface area contributed by atoms with Crippen molar-refractivity contribution in [1.29, 1.82) is 0 Å². The summed E-state index contributed by atoms with van der Waals surface area (Å²) in [4.78, 5) is 16.8. The lowest BCUT2D eigenvalue weighted by Crippen LogP contribution is -2.24. The molecule has 0 fully saturated rings. The minimum Gasteiger partial charge on any atom is -0.459 e. The predicted octanol–water partition coefficient (Wildman–Crippen LogP) is 3.80. The van der Waals surface area contributed by atoms with Crippen molar-refractivity contribution in [1.82, 2.24) is 14.9 Å². The molecule has 0 aliphatic heterocycles. The first kappa shape index (κ1) is 16.1. The summed E-state index contributed by atoms with van der Waals surface area (Å²) in [6.45, 7) is 1.15. The molecule has 4 rings (SSSR count). The van der Waals surface area contributed by atoms with E-state index >= 15 is 0 Å². The zero-order valence-electron chi connectivity index (χ0n) is 14.3. The third-order valence-electron chi connectivity index (χ3n) is 4.35. The Morgan fingerprint density at radius 2 is 1.81 bits per heavy atom. The number of nitrogens with one attached hydrogen (secondary N) is 1. The summed E-state index contributed by atoms with van der Waals surface area (Å²) in [5.74, 6) is 0.899. The number of rotatable bonds is 6. The molecule has 1 N–H and O–H groups in total. The summed E-state index contributed by atoms with van der Waals surface area (Å²) < 4.78 is 7.31. The van der Waals surface area contributed by atoms with Crippen LogP contribution in [0.2, 0.25) is 0 Å². The molecule has 0 radical (unpaired) electrons. The first-order chi connectivity index (χ1) is 12.8. The van der Waals surface area contributed by atoms with Crippen molar-refractivity contribution in [2.45, 2.75) is 19.5 Å². The van der Waals surface area contributed by atoms with Crippen LogP contribution in [0.4, 0.5) is 0 Å². The molecule has 0 atom stereocenters. The highest BCUT2D eigenvalue weighted by atomic mass is 16.3. The van der Waals surface area contributed by atoms with Crippen molar-refractivity contribution in [3.05, 3.63) is 90.1 Å². The normalized spacial score (nSPS) is 10.9. The summed E-state index contributed by atoms with van der Waals surface area (Å²) >= 11 is 0. The van der Waals surface area contributed by atoms with E-state index < -0.39 is 0 Å². The molecule has 0 aliphatic carbocycles. The van der Waals surface area contributed by atoms with Gasteiger partial charge in [0.15, 0.2) is 5.76 Å². The number of para-hydroxylation sites is 2. The van der Waals surface area contributed by atoms with Gasteiger partial charge in [-0.25, -0.2) is 4.98 Å². The Hall–Kier alpha value is -3.34. The van der Waals surface area contributed by atoms with Gasteiger partial charge < -0.3 is 14.3 Å². The summed E-state index contributed by atoms with van der Waals surface area (Å²) in [5, 5.41) is 2.88. The minimum absolute atomic E-state index is 0.239. The topological polar surface area (TPSA) is 60.1 Å². The van der Waals surface area contributed by atoms with Crippen molar-refractivity contribution >= 4 is 16.9 Å². The number of aromatic nitrogens is 2. The highest BCUT2D eigenvalue weighted by molar-refractivity contribution is 5.91. The maximum atomic E-state index is 12.1. The van der Waals surface area contributed by atoms with Crippen molar-refractivity contribution in [2.75, 3.05) is 0 Å². The van der Waals surface area contributed by atoms with Crippen LogP contribution in [0.15, 0.2) is 77.4 Å². The van der Waals surface area contributed by atoms with Gasteiger partial charge in [0.05, 0.1) is 23.8 Å². The Bertz CT molecular complexity index is 1000. The first-order valence-corrected chi connectivity index (χ1v) is 8.61. The van der Waals surface area contributed by atoms with Gasteiger partial charge in [-0.05, 0) is 36.2 Å². The highest BCUT2D eigenvalue weighted by Crippen LogP contribution is 2.17. The number of furan rings is 1. The van der Waals surface area contributed by atoms with Crippen LogP contribution in [0.3, 0.4) is 0 Å². The van der Waals surface area contributed by atoms with Gasteiger partial charge in [0.25, 0.3) is 5.91 Å². The fourth-order valence-electron chi connectivity index (χ4n) is 3.05. The van der Waals surface area contributed by atoms with Gasteiger partial charge in [-0.1, -0.05) is 42.5 Å². The van der Waals surface area contributed by atoms with Crippen LogP contribution in [0.25, 0.3) is 11.0 Å². The average Bonchev–Trinajstić information content (AvgIpc) is 3.33. The van der Waals surface area contributed by atoms with E-state index in [1.807, 2.05) is 36.4 Å². The minimum atomic E-state index is -0.239. The van der Waals surface area contributed by atoms with Gasteiger partial charge in [0, 0.05) is 6.54 Å². The molecule has 130 valence electrons. The molecule has 2 heterocycles. The van der Waals surface area contributed by atoms with Gasteiger partial charge in [-0.15, -0.1) is 0 Å². The number of imidazole rings is 1. The highest BCUT2D eigenvalue weighted by Gasteiger charge is 2.13. The molecular weight excluding hydrogens is 326 g/mol. The molecule has 0 aliphatic rings. The molecular formula is C21H19N3O2. The lowest BCUT2D eigenvalue weighted by atomic mass is 10.1. The van der Waals surface area contributed by atoms with E-state index in [-0.39, 0.29) is 5.91 Å². The molecule has 5 heteroatoms. The van der Waals surface area contributed by atoms with Crippen LogP contribution in [0, 0.1) is 0 Å². The maximum absolute atomic E-state index is 12.1. The number of hydrogen-bond acceptors (Lipinski definition) is 3. The van der Waals surface area contributed by atoms with Crippen LogP contribution in [-0.4, -0.2) is 15.5 Å². The monoisotopic (exact) mass is 345 g/mol. The lowest BCUT2D eigenvalue weighted by Gasteiger charge is -2.10. The third-order valence-corrected chi connectivity index (χ3v) is 4.35. The average molecular weight is 345 g/mol. The Morgan fingerprint density at radius 3 is 2.62 bits per heavy atom. The fourth-order valence-corrected chi connectivity index (χ4v) is 3.05. The Labute approximate surface area is 151 Å². The van der Waals surface area contributed by atoms with Gasteiger partial charge in [-0.2, -0.15) is 0 Å². The van der Waals surface area contributed by atoms with Crippen LogP contribution >= 0.6 is 0 Å². The number of fused-ring (bicyclic) bond motifs is 1. The molecule has 0 bridgehead atoms. The number of carbonyl (C=O) groups is 1. The quantitative estimate of drug-likeness (QED) is 0.578. The van der Waals surface area contributed by atoms with E-state index in [0.29, 0.717) is 12.3 Å². The molecule has 2 aromatic carbocycles. The number of benzene rings is 2. The van der Waals surface area contributed by atoms with E-state index in [1.165, 1.54) is 11.8 Å². The van der Waals surface area contributed by atoms with E-state index in [2.05, 4.69) is 28.1 Å². The standard InChI is InChI=1S/C21H19N3O2/c25-21(19-11-6-14-26-19)22-15-20-23-17-9-4-5-10-18(17)24(20)13-12-16-7-2-1-3-8-16/h1-11,14H,12-13,15H2,(H,22,25). The fraction of sp³-hybridized carbons (Fsp3) is 0.143. The second-order valence-electron chi connectivity index (χ2n) is 6.06. The molecule has 0 saturated carbocycles. The van der Waals surface area contributed by atoms with E-state index in [9.17, 15) is 4.79 Å². The number of hydrogen-bond donors (Lipinski definition) is 1. The van der Waals surface area contributed by atoms with Crippen molar-refractivity contribution in [2.24, 2.45) is 0 Å². The van der Waals surface area contributed by atoms with E-state index in [0.717, 1.165) is 29.8 Å². The van der Waals surface area contributed by atoms with Crippen LogP contribution < -0.4 is 5.32 Å². The van der Waals surface area contributed by atoms with Crippen LogP contribution in [0.5, 0.6) is 0 Å². The lowest BCUT2D eigenvalue weighted by molar-refractivity contribution is 0.0921. The first-order valence-electron chi connectivity index (χ1n) is 8.61. The maximum Gasteiger partial charge on any atom is 0.287 e. The van der Waals surface area contributed by atoms with Crippen molar-refractivity contribution in [3.8, 4) is 0 Å². The molecule has 0 unspecified atom stereocenters. The van der Waals surface area contributed by atoms with Crippen molar-refractivity contribution < 1.29 is 9.21 Å². The third kappa shape index (κ3) is 3.37. The van der Waals surface area contributed by atoms with Gasteiger partial charge >= 0.3 is 0 Å². The zero-order valence-corrected chi connectivity index (χ0v) is 14.3. The van der Waals surface area contributed by atoms with Crippen molar-refractivity contribution in [3.63, 3.8) is 0 Å². The Kier molecular flexibility index (Phi) is 4.51. The summed E-state index contributed by atoms with van der Waals surface area (Å²) in [5.41, 5.74) is 3.28. The van der Waals surface area contributed by atoms with Gasteiger partial charge in [0.1, 0.15) is 5.82 Å². The smallest absolute Gasteiger partial charge is 0.287 e. The molecule has 5 nitrogen and oxygen atoms in total. The van der Waals surface area contributed by atoms with Gasteiger partial charge in [0.2, 0.25) is 0 Å². The van der Waals surface area contributed by atoms with E-state index in [4.69, 9.17) is 9.40 Å². The summed E-state index contributed by atoms with van der Waals surface area (Å²) in [6, 6.07) is 21.7. The summed E-state index contributed by atoms with van der Waals surface area (Å²) in [7, 11) is 0. The molecule has 4 aromatic rings. The SMILES string of the molecule is O=C(NCc1nc2ccccc2n1CCc1ccccc1)c1ccco1. The molecule has 26 heavy (non-hydrogen) atoms. The number of amides is 1. The molecule has 0 saturated heterocycles.